The summed E-state index contributed by atoms with van der Waals surface area (Å²) in [6, 6.07) is 7.10. The van der Waals surface area contributed by atoms with Gasteiger partial charge in [-0.3, -0.25) is 4.79 Å². The maximum Gasteiger partial charge on any atom is 0.251 e. The van der Waals surface area contributed by atoms with Gasteiger partial charge in [-0.15, -0.1) is 0 Å². The Morgan fingerprint density at radius 3 is 2.94 bits per heavy atom. The van der Waals surface area contributed by atoms with Crippen LogP contribution in [0, 0.1) is 17.8 Å². The van der Waals surface area contributed by atoms with Crippen LogP contribution in [-0.2, 0) is 0 Å². The number of aliphatic hydroxyl groups excluding tert-OH is 1. The maximum absolute atomic E-state index is 11.9. The Bertz CT molecular complexity index is 457. The van der Waals surface area contributed by atoms with Gasteiger partial charge < -0.3 is 10.4 Å². The lowest BCUT2D eigenvalue weighted by Crippen LogP contribution is -2.28. The first-order valence-electron chi connectivity index (χ1n) is 6.15. The Balaban J connectivity index is 2.68. The molecule has 18 heavy (non-hydrogen) atoms. The molecule has 1 aromatic rings. The molecular formula is C15H19NO2. The minimum atomic E-state index is -0.176. The van der Waals surface area contributed by atoms with E-state index in [-0.39, 0.29) is 12.5 Å². The van der Waals surface area contributed by atoms with Gasteiger partial charge in [0.25, 0.3) is 5.91 Å². The van der Waals surface area contributed by atoms with Gasteiger partial charge in [0.05, 0.1) is 0 Å². The SMILES string of the molecule is CCC(C)CNC(=O)c1cccc(C#CCO)c1. The second-order valence-corrected chi connectivity index (χ2v) is 4.26. The zero-order valence-corrected chi connectivity index (χ0v) is 10.9. The molecule has 2 N–H and O–H groups in total. The quantitative estimate of drug-likeness (QED) is 0.795. The summed E-state index contributed by atoms with van der Waals surface area (Å²) < 4.78 is 0. The molecule has 0 aliphatic rings. The van der Waals surface area contributed by atoms with Gasteiger partial charge in [0, 0.05) is 17.7 Å². The van der Waals surface area contributed by atoms with Crippen LogP contribution in [0.2, 0.25) is 0 Å². The van der Waals surface area contributed by atoms with Gasteiger partial charge in [-0.2, -0.15) is 0 Å². The number of rotatable bonds is 4. The third-order valence-electron chi connectivity index (χ3n) is 2.74. The lowest BCUT2D eigenvalue weighted by atomic mass is 10.1. The molecule has 3 nitrogen and oxygen atoms in total. The van der Waals surface area contributed by atoms with Gasteiger partial charge in [-0.05, 0) is 24.1 Å². The molecule has 0 aliphatic heterocycles. The van der Waals surface area contributed by atoms with Crippen LogP contribution in [0.4, 0.5) is 0 Å². The van der Waals surface area contributed by atoms with Crippen LogP contribution in [-0.4, -0.2) is 24.2 Å². The van der Waals surface area contributed by atoms with Crippen molar-refractivity contribution in [1.29, 1.82) is 0 Å². The van der Waals surface area contributed by atoms with E-state index in [1.54, 1.807) is 18.2 Å². The second kappa shape index (κ2) is 7.52. The molecule has 0 fully saturated rings. The van der Waals surface area contributed by atoms with Crippen LogP contribution in [0.25, 0.3) is 0 Å². The van der Waals surface area contributed by atoms with E-state index in [9.17, 15) is 4.79 Å². The predicted molar refractivity (Wildman–Crippen MR) is 72.2 cm³/mol. The molecule has 0 radical (unpaired) electrons. The highest BCUT2D eigenvalue weighted by Crippen LogP contribution is 2.05. The fourth-order valence-corrected chi connectivity index (χ4v) is 1.39. The minimum Gasteiger partial charge on any atom is -0.384 e. The number of aliphatic hydroxyl groups is 1. The third kappa shape index (κ3) is 4.60. The number of carbonyl (C=O) groups is 1. The largest absolute Gasteiger partial charge is 0.384 e. The number of carbonyl (C=O) groups excluding carboxylic acids is 1. The highest BCUT2D eigenvalue weighted by atomic mass is 16.2. The van der Waals surface area contributed by atoms with Crippen molar-refractivity contribution in [3.63, 3.8) is 0 Å². The summed E-state index contributed by atoms with van der Waals surface area (Å²) in [4.78, 5) is 11.9. The van der Waals surface area contributed by atoms with Gasteiger partial charge in [-0.25, -0.2) is 0 Å². The van der Waals surface area contributed by atoms with Crippen LogP contribution >= 0.6 is 0 Å². The van der Waals surface area contributed by atoms with Crippen molar-refractivity contribution in [2.45, 2.75) is 20.3 Å². The second-order valence-electron chi connectivity index (χ2n) is 4.26. The van der Waals surface area contributed by atoms with E-state index in [1.165, 1.54) is 0 Å². The van der Waals surface area contributed by atoms with E-state index < -0.39 is 0 Å². The van der Waals surface area contributed by atoms with Crippen LogP contribution in [0.3, 0.4) is 0 Å². The van der Waals surface area contributed by atoms with E-state index in [1.807, 2.05) is 6.07 Å². The third-order valence-corrected chi connectivity index (χ3v) is 2.74. The molecule has 96 valence electrons. The Kier molecular flexibility index (Phi) is 5.96. The molecule has 0 saturated heterocycles. The van der Waals surface area contributed by atoms with Gasteiger partial charge in [0.15, 0.2) is 0 Å². The minimum absolute atomic E-state index is 0.0806. The molecule has 0 heterocycles. The van der Waals surface area contributed by atoms with Crippen LogP contribution in [0.5, 0.6) is 0 Å². The molecule has 0 aromatic heterocycles. The van der Waals surface area contributed by atoms with E-state index in [0.29, 0.717) is 18.0 Å². The summed E-state index contributed by atoms with van der Waals surface area (Å²) in [5, 5.41) is 11.5. The Hall–Kier alpha value is -1.79. The summed E-state index contributed by atoms with van der Waals surface area (Å²) in [7, 11) is 0. The van der Waals surface area contributed by atoms with Crippen LogP contribution < -0.4 is 5.32 Å². The molecule has 1 rings (SSSR count). The van der Waals surface area contributed by atoms with Gasteiger partial charge in [0.1, 0.15) is 6.61 Å². The fourth-order valence-electron chi connectivity index (χ4n) is 1.39. The molecular weight excluding hydrogens is 226 g/mol. The summed E-state index contributed by atoms with van der Waals surface area (Å²) in [6.45, 7) is 4.71. The number of amides is 1. The number of hydrogen-bond acceptors (Lipinski definition) is 2. The van der Waals surface area contributed by atoms with Gasteiger partial charge in [0.2, 0.25) is 0 Å². The summed E-state index contributed by atoms with van der Waals surface area (Å²) in [5.74, 6) is 5.75. The van der Waals surface area contributed by atoms with Crippen molar-refractivity contribution in [1.82, 2.24) is 5.32 Å². The topological polar surface area (TPSA) is 49.3 Å². The molecule has 1 atom stereocenters. The molecule has 1 aromatic carbocycles. The first-order chi connectivity index (χ1) is 8.67. The highest BCUT2D eigenvalue weighted by Gasteiger charge is 2.06. The molecule has 0 spiro atoms. The first kappa shape index (κ1) is 14.3. The molecule has 1 unspecified atom stereocenters. The predicted octanol–water partition coefficient (Wildman–Crippen LogP) is 1.81. The Labute approximate surface area is 108 Å². The smallest absolute Gasteiger partial charge is 0.251 e. The number of benzene rings is 1. The highest BCUT2D eigenvalue weighted by molar-refractivity contribution is 5.94. The lowest BCUT2D eigenvalue weighted by Gasteiger charge is -2.10. The summed E-state index contributed by atoms with van der Waals surface area (Å²) in [6.07, 6.45) is 1.04. The molecule has 0 saturated carbocycles. The van der Waals surface area contributed by atoms with Crippen molar-refractivity contribution < 1.29 is 9.90 Å². The van der Waals surface area contributed by atoms with Crippen molar-refractivity contribution in [3.8, 4) is 11.8 Å². The monoisotopic (exact) mass is 245 g/mol. The first-order valence-corrected chi connectivity index (χ1v) is 6.15. The van der Waals surface area contributed by atoms with E-state index >= 15 is 0 Å². The molecule has 3 heteroatoms. The van der Waals surface area contributed by atoms with Gasteiger partial charge >= 0.3 is 0 Å². The van der Waals surface area contributed by atoms with Crippen molar-refractivity contribution in [2.75, 3.05) is 13.2 Å². The van der Waals surface area contributed by atoms with E-state index in [0.717, 1.165) is 12.0 Å². The van der Waals surface area contributed by atoms with Gasteiger partial charge in [-0.1, -0.05) is 38.2 Å². The van der Waals surface area contributed by atoms with Crippen molar-refractivity contribution in [3.05, 3.63) is 35.4 Å². The molecule has 0 bridgehead atoms. The standard InChI is InChI=1S/C15H19NO2/c1-3-12(2)11-16-15(18)14-8-4-6-13(10-14)7-5-9-17/h4,6,8,10,12,17H,3,9,11H2,1-2H3,(H,16,18). The van der Waals surface area contributed by atoms with Crippen LogP contribution in [0.15, 0.2) is 24.3 Å². The summed E-state index contributed by atoms with van der Waals surface area (Å²) in [5.41, 5.74) is 1.34. The Morgan fingerprint density at radius 2 is 2.28 bits per heavy atom. The normalized spacial score (nSPS) is 11.3. The van der Waals surface area contributed by atoms with Crippen molar-refractivity contribution in [2.24, 2.45) is 5.92 Å². The average Bonchev–Trinajstić information content (AvgIpc) is 2.42. The molecule has 1 amide bonds. The van der Waals surface area contributed by atoms with E-state index in [4.69, 9.17) is 5.11 Å². The Morgan fingerprint density at radius 1 is 1.50 bits per heavy atom. The maximum atomic E-state index is 11.9. The zero-order valence-electron chi connectivity index (χ0n) is 10.9. The lowest BCUT2D eigenvalue weighted by molar-refractivity contribution is 0.0948. The van der Waals surface area contributed by atoms with E-state index in [2.05, 4.69) is 31.0 Å². The fraction of sp³-hybridized carbons (Fsp3) is 0.400. The average molecular weight is 245 g/mol. The number of nitrogens with one attached hydrogen (secondary N) is 1. The van der Waals surface area contributed by atoms with Crippen LogP contribution in [0.1, 0.15) is 36.2 Å². The summed E-state index contributed by atoms with van der Waals surface area (Å²) >= 11 is 0. The van der Waals surface area contributed by atoms with Crippen molar-refractivity contribution >= 4 is 5.91 Å². The zero-order chi connectivity index (χ0) is 13.4. The molecule has 0 aliphatic carbocycles. The number of hydrogen-bond donors (Lipinski definition) is 2.